The first-order valence-electron chi connectivity index (χ1n) is 5.99. The van der Waals surface area contributed by atoms with E-state index in [1.807, 2.05) is 18.2 Å². The average Bonchev–Trinajstić information content (AvgIpc) is 2.48. The minimum atomic E-state index is -0.405. The molecule has 2 N–H and O–H groups in total. The lowest BCUT2D eigenvalue weighted by molar-refractivity contribution is 0.112. The fourth-order valence-corrected chi connectivity index (χ4v) is 1.70. The summed E-state index contributed by atoms with van der Waals surface area (Å²) in [7, 11) is 1.50. The van der Waals surface area contributed by atoms with Crippen molar-refractivity contribution in [2.75, 3.05) is 17.7 Å². The van der Waals surface area contributed by atoms with Crippen molar-refractivity contribution in [2.24, 2.45) is 0 Å². The highest BCUT2D eigenvalue weighted by Gasteiger charge is 2.08. The Morgan fingerprint density at radius 3 is 2.50 bits per heavy atom. The van der Waals surface area contributed by atoms with Crippen molar-refractivity contribution in [3.63, 3.8) is 0 Å². The number of carbonyl (C=O) groups excluding carboxylic acids is 2. The van der Waals surface area contributed by atoms with E-state index in [0.29, 0.717) is 29.0 Å². The van der Waals surface area contributed by atoms with E-state index in [0.717, 1.165) is 0 Å². The molecule has 2 aromatic carbocycles. The third-order valence-corrected chi connectivity index (χ3v) is 2.64. The molecule has 0 aliphatic rings. The second-order valence-electron chi connectivity index (χ2n) is 4.02. The summed E-state index contributed by atoms with van der Waals surface area (Å²) in [6.07, 6.45) is 0.708. The summed E-state index contributed by atoms with van der Waals surface area (Å²) in [4.78, 5) is 22.6. The van der Waals surface area contributed by atoms with E-state index < -0.39 is 6.03 Å². The average molecular weight is 270 g/mol. The molecule has 2 rings (SSSR count). The lowest BCUT2D eigenvalue weighted by Gasteiger charge is -2.11. The predicted molar refractivity (Wildman–Crippen MR) is 77.5 cm³/mol. The van der Waals surface area contributed by atoms with Crippen LogP contribution in [0.2, 0.25) is 0 Å². The van der Waals surface area contributed by atoms with Crippen LogP contribution in [-0.4, -0.2) is 19.4 Å². The second-order valence-corrected chi connectivity index (χ2v) is 4.02. The number of carbonyl (C=O) groups is 2. The zero-order chi connectivity index (χ0) is 14.4. The summed E-state index contributed by atoms with van der Waals surface area (Å²) in [5.74, 6) is 0.485. The smallest absolute Gasteiger partial charge is 0.323 e. The Morgan fingerprint density at radius 2 is 1.85 bits per heavy atom. The van der Waals surface area contributed by atoms with Gasteiger partial charge in [-0.25, -0.2) is 4.79 Å². The molecule has 5 heteroatoms. The molecular formula is C15H14N2O3. The van der Waals surface area contributed by atoms with Crippen molar-refractivity contribution in [3.05, 3.63) is 54.1 Å². The van der Waals surface area contributed by atoms with Gasteiger partial charge in [-0.1, -0.05) is 18.2 Å². The van der Waals surface area contributed by atoms with Crippen molar-refractivity contribution in [3.8, 4) is 5.75 Å². The first-order chi connectivity index (χ1) is 9.72. The number of rotatable bonds is 4. The molecule has 0 unspecified atom stereocenters. The molecule has 0 aliphatic heterocycles. The molecule has 0 saturated heterocycles. The molecule has 102 valence electrons. The van der Waals surface area contributed by atoms with Gasteiger partial charge in [0.25, 0.3) is 0 Å². The van der Waals surface area contributed by atoms with Gasteiger partial charge in [0.1, 0.15) is 12.0 Å². The van der Waals surface area contributed by atoms with E-state index >= 15 is 0 Å². The van der Waals surface area contributed by atoms with Gasteiger partial charge in [0, 0.05) is 11.3 Å². The van der Waals surface area contributed by atoms with Gasteiger partial charge in [-0.05, 0) is 30.3 Å². The Balaban J connectivity index is 2.12. The van der Waals surface area contributed by atoms with Crippen LogP contribution in [-0.2, 0) is 0 Å². The minimum absolute atomic E-state index is 0.405. The zero-order valence-electron chi connectivity index (χ0n) is 10.9. The van der Waals surface area contributed by atoms with Crippen molar-refractivity contribution < 1.29 is 14.3 Å². The Kier molecular flexibility index (Phi) is 4.34. The van der Waals surface area contributed by atoms with Crippen LogP contribution in [0.3, 0.4) is 0 Å². The van der Waals surface area contributed by atoms with E-state index in [1.165, 1.54) is 7.11 Å². The zero-order valence-corrected chi connectivity index (χ0v) is 10.9. The molecule has 0 saturated carbocycles. The van der Waals surface area contributed by atoms with Gasteiger partial charge in [0.05, 0.1) is 12.8 Å². The summed E-state index contributed by atoms with van der Waals surface area (Å²) in [5, 5.41) is 5.34. The van der Waals surface area contributed by atoms with Crippen molar-refractivity contribution in [1.82, 2.24) is 0 Å². The van der Waals surface area contributed by atoms with Crippen LogP contribution in [0.25, 0.3) is 0 Å². The molecule has 0 aromatic heterocycles. The first-order valence-corrected chi connectivity index (χ1v) is 5.99. The number of nitrogens with one attached hydrogen (secondary N) is 2. The molecule has 2 aromatic rings. The summed E-state index contributed by atoms with van der Waals surface area (Å²) in [5.41, 5.74) is 1.57. The second kappa shape index (κ2) is 6.38. The van der Waals surface area contributed by atoms with Gasteiger partial charge in [-0.15, -0.1) is 0 Å². The number of hydrogen-bond acceptors (Lipinski definition) is 3. The molecule has 0 heterocycles. The number of ether oxygens (including phenoxy) is 1. The maximum atomic E-state index is 11.9. The molecule has 0 atom stereocenters. The number of anilines is 2. The highest BCUT2D eigenvalue weighted by molar-refractivity contribution is 6.01. The van der Waals surface area contributed by atoms with Crippen LogP contribution in [0, 0.1) is 0 Å². The number of hydrogen-bond donors (Lipinski definition) is 2. The van der Waals surface area contributed by atoms with Crippen LogP contribution in [0.5, 0.6) is 5.75 Å². The number of para-hydroxylation sites is 1. The molecular weight excluding hydrogens is 256 g/mol. The van der Waals surface area contributed by atoms with Gasteiger partial charge in [0.2, 0.25) is 0 Å². The third-order valence-electron chi connectivity index (χ3n) is 2.64. The van der Waals surface area contributed by atoms with E-state index in [-0.39, 0.29) is 0 Å². The van der Waals surface area contributed by atoms with E-state index in [9.17, 15) is 9.59 Å². The molecule has 5 nitrogen and oxygen atoms in total. The van der Waals surface area contributed by atoms with Crippen LogP contribution >= 0.6 is 0 Å². The SMILES string of the molecule is COc1ccc(C=O)cc1NC(=O)Nc1ccccc1. The molecule has 0 fully saturated rings. The molecule has 0 radical (unpaired) electrons. The van der Waals surface area contributed by atoms with Crippen LogP contribution in [0.4, 0.5) is 16.2 Å². The van der Waals surface area contributed by atoms with Gasteiger partial charge >= 0.3 is 6.03 Å². The Morgan fingerprint density at radius 1 is 1.10 bits per heavy atom. The normalized spacial score (nSPS) is 9.65. The molecule has 20 heavy (non-hydrogen) atoms. The summed E-state index contributed by atoms with van der Waals surface area (Å²) in [6.45, 7) is 0. The van der Waals surface area contributed by atoms with Crippen LogP contribution in [0.1, 0.15) is 10.4 Å². The van der Waals surface area contributed by atoms with Crippen molar-refractivity contribution in [1.29, 1.82) is 0 Å². The topological polar surface area (TPSA) is 67.4 Å². The minimum Gasteiger partial charge on any atom is -0.495 e. The van der Waals surface area contributed by atoms with Gasteiger partial charge in [0.15, 0.2) is 0 Å². The third kappa shape index (κ3) is 3.35. The molecule has 0 bridgehead atoms. The number of benzene rings is 2. The van der Waals surface area contributed by atoms with Crippen LogP contribution < -0.4 is 15.4 Å². The molecule has 0 aliphatic carbocycles. The van der Waals surface area contributed by atoms with Gasteiger partial charge < -0.3 is 15.4 Å². The lowest BCUT2D eigenvalue weighted by atomic mass is 10.2. The Hall–Kier alpha value is -2.82. The van der Waals surface area contributed by atoms with Crippen molar-refractivity contribution >= 4 is 23.7 Å². The molecule has 0 spiro atoms. The summed E-state index contributed by atoms with van der Waals surface area (Å²) in [6, 6.07) is 13.4. The largest absolute Gasteiger partial charge is 0.495 e. The summed E-state index contributed by atoms with van der Waals surface area (Å²) >= 11 is 0. The maximum Gasteiger partial charge on any atom is 0.323 e. The van der Waals surface area contributed by atoms with E-state index in [1.54, 1.807) is 30.3 Å². The quantitative estimate of drug-likeness (QED) is 0.838. The maximum absolute atomic E-state index is 11.9. The first kappa shape index (κ1) is 13.6. The van der Waals surface area contributed by atoms with E-state index in [2.05, 4.69) is 10.6 Å². The fraction of sp³-hybridized carbons (Fsp3) is 0.0667. The number of aldehydes is 1. The standard InChI is InChI=1S/C15H14N2O3/c1-20-14-8-7-11(10-18)9-13(14)17-15(19)16-12-5-3-2-4-6-12/h2-10H,1H3,(H2,16,17,19). The predicted octanol–water partition coefficient (Wildman–Crippen LogP) is 3.15. The highest BCUT2D eigenvalue weighted by atomic mass is 16.5. The fourth-order valence-electron chi connectivity index (χ4n) is 1.70. The lowest BCUT2D eigenvalue weighted by Crippen LogP contribution is -2.19. The molecule has 2 amide bonds. The summed E-state index contributed by atoms with van der Waals surface area (Å²) < 4.78 is 5.14. The van der Waals surface area contributed by atoms with Crippen molar-refractivity contribution in [2.45, 2.75) is 0 Å². The highest BCUT2D eigenvalue weighted by Crippen LogP contribution is 2.25. The number of methoxy groups -OCH3 is 1. The van der Waals surface area contributed by atoms with Gasteiger partial charge in [-0.3, -0.25) is 4.79 Å². The van der Waals surface area contributed by atoms with E-state index in [4.69, 9.17) is 4.74 Å². The van der Waals surface area contributed by atoms with Crippen LogP contribution in [0.15, 0.2) is 48.5 Å². The Labute approximate surface area is 116 Å². The number of urea groups is 1. The number of amides is 2. The monoisotopic (exact) mass is 270 g/mol. The van der Waals surface area contributed by atoms with Gasteiger partial charge in [-0.2, -0.15) is 0 Å². The Bertz CT molecular complexity index is 612.